The predicted molar refractivity (Wildman–Crippen MR) is 52.3 cm³/mol. The average molecular weight is 172 g/mol. The molecule has 4 nitrogen and oxygen atoms in total. The molecule has 4 heteroatoms. The van der Waals surface area contributed by atoms with Crippen LogP contribution in [0.3, 0.4) is 0 Å². The number of hydrazone groups is 1. The van der Waals surface area contributed by atoms with E-state index in [1.807, 2.05) is 0 Å². The molecule has 0 fully saturated rings. The highest BCUT2D eigenvalue weighted by molar-refractivity contribution is 5.22. The first-order valence-corrected chi connectivity index (χ1v) is 4.54. The van der Waals surface area contributed by atoms with Crippen molar-refractivity contribution in [1.82, 2.24) is 10.7 Å². The van der Waals surface area contributed by atoms with Gasteiger partial charge in [0.25, 0.3) is 0 Å². The fourth-order valence-electron chi connectivity index (χ4n) is 1.03. The van der Waals surface area contributed by atoms with Crippen molar-refractivity contribution in [2.45, 2.75) is 39.0 Å². The molecule has 0 saturated heterocycles. The molecule has 0 radical (unpaired) electrons. The van der Waals surface area contributed by atoms with Crippen LogP contribution in [0.2, 0.25) is 0 Å². The Morgan fingerprint density at radius 2 is 2.00 bits per heavy atom. The number of hydrogen-bond donors (Lipinski definition) is 2. The van der Waals surface area contributed by atoms with E-state index in [4.69, 9.17) is 5.84 Å². The van der Waals surface area contributed by atoms with E-state index in [1.165, 1.54) is 30.8 Å². The van der Waals surface area contributed by atoms with Crippen molar-refractivity contribution < 1.29 is 0 Å². The average Bonchev–Trinajstić information content (AvgIpc) is 2.05. The maximum absolute atomic E-state index is 5.49. The SMILES string of the molecule is C=NNN(N)CCCCCCC. The second-order valence-electron chi connectivity index (χ2n) is 2.87. The van der Waals surface area contributed by atoms with Crippen molar-refractivity contribution in [3.8, 4) is 0 Å². The van der Waals surface area contributed by atoms with Gasteiger partial charge in [0, 0.05) is 13.3 Å². The lowest BCUT2D eigenvalue weighted by molar-refractivity contribution is 0.192. The van der Waals surface area contributed by atoms with Crippen molar-refractivity contribution in [1.29, 1.82) is 0 Å². The number of nitrogens with zero attached hydrogens (tertiary/aromatic N) is 2. The third-order valence-electron chi connectivity index (χ3n) is 1.70. The Morgan fingerprint density at radius 1 is 1.33 bits per heavy atom. The zero-order valence-electron chi connectivity index (χ0n) is 7.92. The van der Waals surface area contributed by atoms with Crippen LogP contribution in [0.25, 0.3) is 0 Å². The first kappa shape index (κ1) is 11.4. The van der Waals surface area contributed by atoms with Crippen LogP contribution in [0.15, 0.2) is 5.10 Å². The summed E-state index contributed by atoms with van der Waals surface area (Å²) in [5.74, 6) is 5.49. The van der Waals surface area contributed by atoms with Crippen LogP contribution < -0.4 is 11.4 Å². The van der Waals surface area contributed by atoms with Crippen LogP contribution >= 0.6 is 0 Å². The van der Waals surface area contributed by atoms with E-state index in [0.29, 0.717) is 0 Å². The highest BCUT2D eigenvalue weighted by Gasteiger charge is 1.94. The van der Waals surface area contributed by atoms with Crippen molar-refractivity contribution in [2.24, 2.45) is 10.9 Å². The molecule has 0 aliphatic carbocycles. The summed E-state index contributed by atoms with van der Waals surface area (Å²) in [6, 6.07) is 0. The Labute approximate surface area is 74.7 Å². The number of rotatable bonds is 8. The van der Waals surface area contributed by atoms with Crippen molar-refractivity contribution in [3.63, 3.8) is 0 Å². The molecule has 0 aromatic heterocycles. The van der Waals surface area contributed by atoms with Gasteiger partial charge in [0.05, 0.1) is 0 Å². The summed E-state index contributed by atoms with van der Waals surface area (Å²) in [5, 5.41) is 4.91. The molecule has 3 N–H and O–H groups in total. The van der Waals surface area contributed by atoms with Crippen LogP contribution in [-0.2, 0) is 0 Å². The number of hydrogen-bond acceptors (Lipinski definition) is 4. The topological polar surface area (TPSA) is 53.7 Å². The smallest absolute Gasteiger partial charge is 0.0351 e. The van der Waals surface area contributed by atoms with Gasteiger partial charge in [-0.15, -0.1) is 5.12 Å². The predicted octanol–water partition coefficient (Wildman–Crippen LogP) is 1.25. The number of unbranched alkanes of at least 4 members (excludes halogenated alkanes) is 4. The zero-order valence-corrected chi connectivity index (χ0v) is 7.92. The molecule has 0 saturated carbocycles. The van der Waals surface area contributed by atoms with Crippen molar-refractivity contribution in [3.05, 3.63) is 0 Å². The minimum Gasteiger partial charge on any atom is -0.249 e. The van der Waals surface area contributed by atoms with Gasteiger partial charge in [-0.05, 0) is 6.42 Å². The van der Waals surface area contributed by atoms with E-state index >= 15 is 0 Å². The number of hydrazine groups is 2. The summed E-state index contributed by atoms with van der Waals surface area (Å²) < 4.78 is 0. The van der Waals surface area contributed by atoms with Gasteiger partial charge >= 0.3 is 0 Å². The van der Waals surface area contributed by atoms with E-state index in [-0.39, 0.29) is 0 Å². The summed E-state index contributed by atoms with van der Waals surface area (Å²) >= 11 is 0. The Hall–Kier alpha value is -0.610. The number of nitrogens with one attached hydrogen (secondary N) is 1. The first-order chi connectivity index (χ1) is 5.81. The Kier molecular flexibility index (Phi) is 8.05. The summed E-state index contributed by atoms with van der Waals surface area (Å²) in [6.45, 7) is 6.30. The second-order valence-corrected chi connectivity index (χ2v) is 2.87. The lowest BCUT2D eigenvalue weighted by Crippen LogP contribution is -2.41. The molecule has 72 valence electrons. The lowest BCUT2D eigenvalue weighted by Gasteiger charge is -2.13. The van der Waals surface area contributed by atoms with Gasteiger partial charge in [-0.1, -0.05) is 32.6 Å². The van der Waals surface area contributed by atoms with Gasteiger partial charge in [-0.25, -0.2) is 11.4 Å². The van der Waals surface area contributed by atoms with Crippen LogP contribution in [0, 0.1) is 0 Å². The van der Waals surface area contributed by atoms with E-state index in [9.17, 15) is 0 Å². The summed E-state index contributed by atoms with van der Waals surface area (Å²) in [7, 11) is 0. The lowest BCUT2D eigenvalue weighted by atomic mass is 10.1. The molecule has 12 heavy (non-hydrogen) atoms. The minimum atomic E-state index is 0.822. The van der Waals surface area contributed by atoms with Crippen LogP contribution in [0.5, 0.6) is 0 Å². The highest BCUT2D eigenvalue weighted by atomic mass is 15.8. The van der Waals surface area contributed by atoms with Gasteiger partial charge in [0.1, 0.15) is 0 Å². The molecule has 0 rings (SSSR count). The molecule has 0 spiro atoms. The van der Waals surface area contributed by atoms with E-state index in [1.54, 1.807) is 0 Å². The van der Waals surface area contributed by atoms with Gasteiger partial charge in [0.15, 0.2) is 0 Å². The molecule has 0 aliphatic rings. The van der Waals surface area contributed by atoms with E-state index in [2.05, 4.69) is 24.3 Å². The standard InChI is InChI=1S/C8H20N4/c1-3-4-5-6-7-8-12(9)11-10-2/h11H,2-9H2,1H3. The van der Waals surface area contributed by atoms with Gasteiger partial charge in [-0.2, -0.15) is 5.10 Å². The van der Waals surface area contributed by atoms with Gasteiger partial charge in [-0.3, -0.25) is 0 Å². The minimum absolute atomic E-state index is 0.822. The van der Waals surface area contributed by atoms with Crippen molar-refractivity contribution in [2.75, 3.05) is 6.54 Å². The molecular weight excluding hydrogens is 152 g/mol. The quantitative estimate of drug-likeness (QED) is 0.251. The van der Waals surface area contributed by atoms with Gasteiger partial charge in [0.2, 0.25) is 0 Å². The van der Waals surface area contributed by atoms with Crippen LogP contribution in [-0.4, -0.2) is 18.4 Å². The second kappa shape index (κ2) is 8.49. The maximum atomic E-state index is 5.49. The Balaban J connectivity index is 3.02. The van der Waals surface area contributed by atoms with Crippen LogP contribution in [0.1, 0.15) is 39.0 Å². The normalized spacial score (nSPS) is 10.2. The molecule has 0 heterocycles. The Morgan fingerprint density at radius 3 is 2.58 bits per heavy atom. The summed E-state index contributed by atoms with van der Waals surface area (Å²) in [6.07, 6.45) is 6.24. The van der Waals surface area contributed by atoms with E-state index < -0.39 is 0 Å². The molecule has 0 aromatic rings. The van der Waals surface area contributed by atoms with Gasteiger partial charge < -0.3 is 0 Å². The van der Waals surface area contributed by atoms with Crippen LogP contribution in [0.4, 0.5) is 0 Å². The molecule has 0 unspecified atom stereocenters. The third-order valence-corrected chi connectivity index (χ3v) is 1.70. The van der Waals surface area contributed by atoms with E-state index in [0.717, 1.165) is 13.0 Å². The Bertz CT molecular complexity index is 105. The summed E-state index contributed by atoms with van der Waals surface area (Å²) in [5.41, 5.74) is 2.56. The largest absolute Gasteiger partial charge is 0.249 e. The monoisotopic (exact) mass is 172 g/mol. The molecular formula is C8H20N4. The fraction of sp³-hybridized carbons (Fsp3) is 0.875. The molecule has 0 aliphatic heterocycles. The fourth-order valence-corrected chi connectivity index (χ4v) is 1.03. The molecule has 0 amide bonds. The molecule has 0 aromatic carbocycles. The zero-order chi connectivity index (χ0) is 9.23. The third kappa shape index (κ3) is 7.50. The highest BCUT2D eigenvalue weighted by Crippen LogP contribution is 2.01. The maximum Gasteiger partial charge on any atom is 0.0351 e. The molecule has 0 atom stereocenters. The number of nitrogens with two attached hydrogens (primary N) is 1. The summed E-state index contributed by atoms with van der Waals surface area (Å²) in [4.78, 5) is 0. The molecule has 0 bridgehead atoms. The van der Waals surface area contributed by atoms with Crippen molar-refractivity contribution >= 4 is 6.72 Å². The first-order valence-electron chi connectivity index (χ1n) is 4.54.